The predicted molar refractivity (Wildman–Crippen MR) is 100.0 cm³/mol. The minimum Gasteiger partial charge on any atom is -0.383 e. The normalized spacial score (nSPS) is 10.9. The van der Waals surface area contributed by atoms with E-state index in [1.54, 1.807) is 23.1 Å². The summed E-state index contributed by atoms with van der Waals surface area (Å²) in [5.41, 5.74) is 5.61. The summed E-state index contributed by atoms with van der Waals surface area (Å²) in [7, 11) is 1.54. The summed E-state index contributed by atoms with van der Waals surface area (Å²) in [5.74, 6) is -0.288. The average molecular weight is 364 g/mol. The molecule has 2 aromatic rings. The maximum absolute atomic E-state index is 14.1. The minimum atomic E-state index is -0.590. The number of unbranched alkanes of at least 4 members (excludes halogenated alkanes) is 1. The van der Waals surface area contributed by atoms with Gasteiger partial charge in [0.2, 0.25) is 0 Å². The zero-order chi connectivity index (χ0) is 19.1. The maximum Gasteiger partial charge on any atom is 0.330 e. The van der Waals surface area contributed by atoms with Gasteiger partial charge in [-0.1, -0.05) is 31.5 Å². The first kappa shape index (κ1) is 19.7. The van der Waals surface area contributed by atoms with Gasteiger partial charge in [-0.3, -0.25) is 14.3 Å². The monoisotopic (exact) mass is 364 g/mol. The number of aromatic nitrogens is 2. The fraction of sp³-hybridized carbons (Fsp3) is 0.444. The molecule has 0 aliphatic heterocycles. The van der Waals surface area contributed by atoms with Gasteiger partial charge in [-0.05, 0) is 12.5 Å². The number of nitrogens with two attached hydrogens (primary N) is 1. The molecule has 26 heavy (non-hydrogen) atoms. The second kappa shape index (κ2) is 9.19. The van der Waals surface area contributed by atoms with Crippen LogP contribution in [-0.2, 0) is 17.8 Å². The number of hydrogen-bond acceptors (Lipinski definition) is 5. The molecule has 1 aromatic heterocycles. The minimum absolute atomic E-state index is 0.0830. The lowest BCUT2D eigenvalue weighted by Crippen LogP contribution is -2.39. The van der Waals surface area contributed by atoms with Crippen LogP contribution in [-0.4, -0.2) is 29.8 Å². The zero-order valence-corrected chi connectivity index (χ0v) is 15.1. The molecule has 0 aliphatic rings. The van der Waals surface area contributed by atoms with Crippen molar-refractivity contribution in [2.45, 2.75) is 32.9 Å². The number of nitrogen functional groups attached to an aromatic ring is 1. The van der Waals surface area contributed by atoms with E-state index < -0.39 is 11.2 Å². The molecular formula is C18H25FN4O3. The lowest BCUT2D eigenvalue weighted by Gasteiger charge is -2.26. The first-order chi connectivity index (χ1) is 12.5. The third-order valence-electron chi connectivity index (χ3n) is 4.15. The maximum atomic E-state index is 14.1. The van der Waals surface area contributed by atoms with Crippen LogP contribution in [0.3, 0.4) is 0 Å². The first-order valence-electron chi connectivity index (χ1n) is 8.59. The molecule has 0 amide bonds. The van der Waals surface area contributed by atoms with E-state index >= 15 is 0 Å². The van der Waals surface area contributed by atoms with Crippen LogP contribution in [0.4, 0.5) is 15.9 Å². The second-order valence-corrected chi connectivity index (χ2v) is 6.00. The quantitative estimate of drug-likeness (QED) is 0.707. The number of anilines is 2. The molecule has 1 aromatic carbocycles. The summed E-state index contributed by atoms with van der Waals surface area (Å²) in [5, 5.41) is 0. The SMILES string of the molecule is CCCCn1c(N)c(N(CCOC)Cc2ccccc2F)c(=O)[nH]c1=O. The lowest BCUT2D eigenvalue weighted by molar-refractivity contribution is 0.205. The standard InChI is InChI=1S/C18H25FN4O3/c1-3-4-9-23-16(20)15(17(24)21-18(23)25)22(10-11-26-2)12-13-7-5-6-8-14(13)19/h5-8H,3-4,9-12,20H2,1-2H3,(H,21,24,25). The third kappa shape index (κ3) is 4.51. The molecule has 142 valence electrons. The number of methoxy groups -OCH3 is 1. The van der Waals surface area contributed by atoms with Crippen LogP contribution in [0.25, 0.3) is 0 Å². The topological polar surface area (TPSA) is 93.3 Å². The van der Waals surface area contributed by atoms with Gasteiger partial charge in [-0.2, -0.15) is 0 Å². The summed E-state index contributed by atoms with van der Waals surface area (Å²) >= 11 is 0. The molecule has 0 atom stereocenters. The Kier molecular flexibility index (Phi) is 6.97. The summed E-state index contributed by atoms with van der Waals surface area (Å²) < 4.78 is 20.5. The fourth-order valence-corrected chi connectivity index (χ4v) is 2.72. The molecule has 0 bridgehead atoms. The number of benzene rings is 1. The molecule has 0 aliphatic carbocycles. The van der Waals surface area contributed by atoms with Crippen molar-refractivity contribution < 1.29 is 9.13 Å². The van der Waals surface area contributed by atoms with Gasteiger partial charge in [0.1, 0.15) is 17.3 Å². The summed E-state index contributed by atoms with van der Waals surface area (Å²) in [6, 6.07) is 6.33. The largest absolute Gasteiger partial charge is 0.383 e. The van der Waals surface area contributed by atoms with Crippen molar-refractivity contribution in [1.82, 2.24) is 9.55 Å². The van der Waals surface area contributed by atoms with E-state index in [0.29, 0.717) is 25.3 Å². The van der Waals surface area contributed by atoms with Gasteiger partial charge >= 0.3 is 5.69 Å². The Labute approximate surface area is 151 Å². The number of halogens is 1. The Bertz CT molecular complexity index is 847. The van der Waals surface area contributed by atoms with Crippen LogP contribution in [0.15, 0.2) is 33.9 Å². The highest BCUT2D eigenvalue weighted by molar-refractivity contribution is 5.62. The van der Waals surface area contributed by atoms with Gasteiger partial charge in [-0.15, -0.1) is 0 Å². The molecule has 3 N–H and O–H groups in total. The summed E-state index contributed by atoms with van der Waals surface area (Å²) in [6.45, 7) is 3.18. The Hall–Kier alpha value is -2.61. The molecule has 0 spiro atoms. The number of rotatable bonds is 9. The highest BCUT2D eigenvalue weighted by Crippen LogP contribution is 2.20. The van der Waals surface area contributed by atoms with Crippen LogP contribution < -0.4 is 21.9 Å². The molecule has 0 saturated carbocycles. The van der Waals surface area contributed by atoms with Gasteiger partial charge in [0.05, 0.1) is 6.61 Å². The van der Waals surface area contributed by atoms with Crippen molar-refractivity contribution >= 4 is 11.5 Å². The average Bonchev–Trinajstić information content (AvgIpc) is 2.60. The van der Waals surface area contributed by atoms with E-state index in [4.69, 9.17) is 10.5 Å². The van der Waals surface area contributed by atoms with E-state index in [1.165, 1.54) is 17.7 Å². The summed E-state index contributed by atoms with van der Waals surface area (Å²) in [4.78, 5) is 28.5. The highest BCUT2D eigenvalue weighted by atomic mass is 19.1. The van der Waals surface area contributed by atoms with Gasteiger partial charge in [0.15, 0.2) is 0 Å². The number of H-pyrrole nitrogens is 1. The van der Waals surface area contributed by atoms with Crippen LogP contribution in [0.5, 0.6) is 0 Å². The Morgan fingerprint density at radius 3 is 2.69 bits per heavy atom. The van der Waals surface area contributed by atoms with Crippen LogP contribution in [0.2, 0.25) is 0 Å². The van der Waals surface area contributed by atoms with Crippen LogP contribution >= 0.6 is 0 Å². The molecule has 8 heteroatoms. The molecule has 0 radical (unpaired) electrons. The number of ether oxygens (including phenoxy) is 1. The molecular weight excluding hydrogens is 339 g/mol. The first-order valence-corrected chi connectivity index (χ1v) is 8.59. The van der Waals surface area contributed by atoms with Crippen molar-refractivity contribution in [3.63, 3.8) is 0 Å². The van der Waals surface area contributed by atoms with Crippen molar-refractivity contribution in [1.29, 1.82) is 0 Å². The van der Waals surface area contributed by atoms with Gasteiger partial charge in [0, 0.05) is 32.3 Å². The Morgan fingerprint density at radius 1 is 1.31 bits per heavy atom. The molecule has 2 rings (SSSR count). The van der Waals surface area contributed by atoms with Crippen LogP contribution in [0, 0.1) is 5.82 Å². The van der Waals surface area contributed by atoms with Crippen molar-refractivity contribution in [2.75, 3.05) is 30.9 Å². The van der Waals surface area contributed by atoms with Gasteiger partial charge in [0.25, 0.3) is 5.56 Å². The lowest BCUT2D eigenvalue weighted by atomic mass is 10.2. The fourth-order valence-electron chi connectivity index (χ4n) is 2.72. The smallest absolute Gasteiger partial charge is 0.330 e. The predicted octanol–water partition coefficient (Wildman–Crippen LogP) is 1.71. The van der Waals surface area contributed by atoms with Crippen LogP contribution in [0.1, 0.15) is 25.3 Å². The number of aromatic amines is 1. The second-order valence-electron chi connectivity index (χ2n) is 6.00. The molecule has 7 nitrogen and oxygen atoms in total. The van der Waals surface area contributed by atoms with E-state index in [-0.39, 0.29) is 23.9 Å². The molecule has 1 heterocycles. The van der Waals surface area contributed by atoms with E-state index in [2.05, 4.69) is 4.98 Å². The van der Waals surface area contributed by atoms with Crippen molar-refractivity contribution in [2.24, 2.45) is 0 Å². The van der Waals surface area contributed by atoms with E-state index in [9.17, 15) is 14.0 Å². The number of hydrogen-bond donors (Lipinski definition) is 2. The number of nitrogens with one attached hydrogen (secondary N) is 1. The molecule has 0 saturated heterocycles. The van der Waals surface area contributed by atoms with E-state index in [1.807, 2.05) is 6.92 Å². The third-order valence-corrected chi connectivity index (χ3v) is 4.15. The zero-order valence-electron chi connectivity index (χ0n) is 15.1. The molecule has 0 fully saturated rings. The van der Waals surface area contributed by atoms with Crippen molar-refractivity contribution in [3.8, 4) is 0 Å². The Morgan fingerprint density at radius 2 is 2.04 bits per heavy atom. The van der Waals surface area contributed by atoms with Crippen molar-refractivity contribution in [3.05, 3.63) is 56.5 Å². The van der Waals surface area contributed by atoms with Gasteiger partial charge in [-0.25, -0.2) is 9.18 Å². The molecule has 0 unspecified atom stereocenters. The summed E-state index contributed by atoms with van der Waals surface area (Å²) in [6.07, 6.45) is 1.63. The Balaban J connectivity index is 2.48. The highest BCUT2D eigenvalue weighted by Gasteiger charge is 2.20. The number of nitrogens with zero attached hydrogens (tertiary/aromatic N) is 2. The van der Waals surface area contributed by atoms with E-state index in [0.717, 1.165) is 12.8 Å². The van der Waals surface area contributed by atoms with Gasteiger partial charge < -0.3 is 15.4 Å².